The number of fused-ring (bicyclic) bond motifs is 1. The first-order valence-corrected chi connectivity index (χ1v) is 8.95. The second-order valence-corrected chi connectivity index (χ2v) is 7.14. The Labute approximate surface area is 172 Å². The van der Waals surface area contributed by atoms with Crippen molar-refractivity contribution in [3.63, 3.8) is 0 Å². The summed E-state index contributed by atoms with van der Waals surface area (Å²) >= 11 is 12.2. The Morgan fingerprint density at radius 3 is 2.66 bits per heavy atom. The van der Waals surface area contributed by atoms with Crippen molar-refractivity contribution < 1.29 is 19.9 Å². The molecule has 0 saturated carbocycles. The fraction of sp³-hybridized carbons (Fsp3) is 0.235. The van der Waals surface area contributed by atoms with E-state index in [0.717, 1.165) is 12.4 Å². The number of imidazole rings is 1. The monoisotopic (exact) mass is 440 g/mol. The van der Waals surface area contributed by atoms with Crippen LogP contribution in [-0.4, -0.2) is 41.3 Å². The van der Waals surface area contributed by atoms with Gasteiger partial charge in [-0.05, 0) is 17.1 Å². The molecule has 2 heterocycles. The minimum Gasteiger partial charge on any atom is -0.477 e. The van der Waals surface area contributed by atoms with Gasteiger partial charge in [0.2, 0.25) is 5.43 Å². The van der Waals surface area contributed by atoms with Crippen LogP contribution in [0.5, 0.6) is 0 Å². The molecule has 12 heteroatoms. The van der Waals surface area contributed by atoms with E-state index in [1.54, 1.807) is 6.92 Å². The van der Waals surface area contributed by atoms with E-state index in [1.165, 1.54) is 21.3 Å². The van der Waals surface area contributed by atoms with Gasteiger partial charge < -0.3 is 24.9 Å². The highest BCUT2D eigenvalue weighted by Gasteiger charge is 2.23. The lowest BCUT2D eigenvalue weighted by atomic mass is 10.1. The molecule has 29 heavy (non-hydrogen) atoms. The topological polar surface area (TPSA) is 140 Å². The largest absolute Gasteiger partial charge is 0.477 e. The molecule has 0 spiro atoms. The van der Waals surface area contributed by atoms with Crippen LogP contribution in [0.4, 0.5) is 5.82 Å². The summed E-state index contributed by atoms with van der Waals surface area (Å²) in [4.78, 5) is 38.3. The number of hydrogen-bond donors (Lipinski definition) is 2. The molecule has 1 unspecified atom stereocenters. The molecule has 152 valence electrons. The number of carboxylic acid groups (broad SMARTS) is 1. The van der Waals surface area contributed by atoms with Crippen molar-refractivity contribution in [3.8, 4) is 0 Å². The van der Waals surface area contributed by atoms with Crippen molar-refractivity contribution in [1.29, 1.82) is 0 Å². The molecule has 0 bridgehead atoms. The van der Waals surface area contributed by atoms with Crippen LogP contribution in [0.15, 0.2) is 29.3 Å². The number of carbonyl (C=O) groups is 1. The fourth-order valence-corrected chi connectivity index (χ4v) is 3.68. The molecule has 1 aromatic carbocycles. The van der Waals surface area contributed by atoms with Crippen molar-refractivity contribution >= 4 is 45.9 Å². The van der Waals surface area contributed by atoms with E-state index in [0.29, 0.717) is 5.82 Å². The molecule has 3 rings (SSSR count). The van der Waals surface area contributed by atoms with E-state index in [4.69, 9.17) is 23.2 Å². The van der Waals surface area contributed by atoms with Gasteiger partial charge >= 0.3 is 11.8 Å². The second-order valence-electron chi connectivity index (χ2n) is 6.30. The second kappa shape index (κ2) is 7.82. The van der Waals surface area contributed by atoms with Crippen molar-refractivity contribution in [2.75, 3.05) is 0 Å². The van der Waals surface area contributed by atoms with Crippen LogP contribution in [0.25, 0.3) is 10.9 Å². The van der Waals surface area contributed by atoms with Crippen LogP contribution in [0, 0.1) is 17.0 Å². The molecule has 0 aliphatic rings. The molecular weight excluding hydrogens is 427 g/mol. The lowest BCUT2D eigenvalue weighted by Gasteiger charge is -2.17. The molecule has 3 aromatic rings. The van der Waals surface area contributed by atoms with Crippen LogP contribution in [-0.2, 0) is 13.1 Å². The standard InChI is InChI=1S/C17H14Cl2N4O6/c1-8-20-4-14(23(28)29)22(8)6-10(24)5-21-7-12(17(26)27)16(25)11-2-9(18)3-13(19)15(11)21/h2-4,7,10,24H,5-6H2,1H3,(H,26,27). The molecule has 0 radical (unpaired) electrons. The predicted octanol–water partition coefficient (Wildman–Crippen LogP) is 2.48. The Bertz CT molecular complexity index is 1200. The van der Waals surface area contributed by atoms with Crippen molar-refractivity contribution in [1.82, 2.24) is 14.1 Å². The average molecular weight is 441 g/mol. The van der Waals surface area contributed by atoms with Gasteiger partial charge in [0.25, 0.3) is 0 Å². The quantitative estimate of drug-likeness (QED) is 0.442. The van der Waals surface area contributed by atoms with E-state index < -0.39 is 28.0 Å². The smallest absolute Gasteiger partial charge is 0.342 e. The Morgan fingerprint density at radius 2 is 2.03 bits per heavy atom. The highest BCUT2D eigenvalue weighted by atomic mass is 35.5. The van der Waals surface area contributed by atoms with Crippen LogP contribution >= 0.6 is 23.2 Å². The van der Waals surface area contributed by atoms with Crippen LogP contribution < -0.4 is 5.43 Å². The van der Waals surface area contributed by atoms with Crippen LogP contribution in [0.1, 0.15) is 16.2 Å². The van der Waals surface area contributed by atoms with Crippen molar-refractivity contribution in [3.05, 3.63) is 66.3 Å². The number of pyridine rings is 1. The van der Waals surface area contributed by atoms with E-state index in [1.807, 2.05) is 0 Å². The van der Waals surface area contributed by atoms with E-state index in [9.17, 15) is 29.9 Å². The summed E-state index contributed by atoms with van der Waals surface area (Å²) in [5, 5.41) is 31.2. The van der Waals surface area contributed by atoms with Gasteiger partial charge in [-0.3, -0.25) is 4.79 Å². The number of aromatic nitrogens is 3. The first-order chi connectivity index (χ1) is 13.6. The number of aliphatic hydroxyl groups is 1. The maximum absolute atomic E-state index is 12.5. The third-order valence-corrected chi connectivity index (χ3v) is 4.85. The number of carboxylic acids is 1. The van der Waals surface area contributed by atoms with Crippen molar-refractivity contribution in [2.24, 2.45) is 0 Å². The summed E-state index contributed by atoms with van der Waals surface area (Å²) in [6, 6.07) is 2.68. The van der Waals surface area contributed by atoms with Gasteiger partial charge in [-0.15, -0.1) is 0 Å². The van der Waals surface area contributed by atoms with Gasteiger partial charge in [0.15, 0.2) is 5.82 Å². The summed E-state index contributed by atoms with van der Waals surface area (Å²) in [5.74, 6) is -1.41. The van der Waals surface area contributed by atoms with Crippen molar-refractivity contribution in [2.45, 2.75) is 26.1 Å². The molecule has 0 fully saturated rings. The van der Waals surface area contributed by atoms with Gasteiger partial charge in [-0.2, -0.15) is 0 Å². The number of aryl methyl sites for hydroxylation is 1. The normalized spacial score (nSPS) is 12.3. The molecular formula is C17H14Cl2N4O6. The fourth-order valence-electron chi connectivity index (χ4n) is 3.07. The molecule has 0 aliphatic heterocycles. The Morgan fingerprint density at radius 1 is 1.34 bits per heavy atom. The zero-order chi connectivity index (χ0) is 21.5. The number of rotatable bonds is 6. The predicted molar refractivity (Wildman–Crippen MR) is 105 cm³/mol. The van der Waals surface area contributed by atoms with E-state index >= 15 is 0 Å². The number of hydrogen-bond acceptors (Lipinski definition) is 6. The third-order valence-electron chi connectivity index (χ3n) is 4.34. The number of halogens is 2. The SMILES string of the molecule is Cc1ncc([N+](=O)[O-])n1CC(O)Cn1cc(C(=O)O)c(=O)c2cc(Cl)cc(Cl)c21. The molecule has 0 saturated heterocycles. The molecule has 1 atom stereocenters. The first kappa shape index (κ1) is 20.8. The zero-order valence-corrected chi connectivity index (χ0v) is 16.4. The highest BCUT2D eigenvalue weighted by Crippen LogP contribution is 2.27. The molecule has 2 N–H and O–H groups in total. The van der Waals surface area contributed by atoms with Gasteiger partial charge in [0.05, 0.1) is 17.1 Å². The number of aromatic carboxylic acids is 1. The molecule has 0 aliphatic carbocycles. The van der Waals surface area contributed by atoms with Crippen LogP contribution in [0.2, 0.25) is 10.0 Å². The maximum Gasteiger partial charge on any atom is 0.342 e. The average Bonchev–Trinajstić information content (AvgIpc) is 2.97. The molecule has 2 aromatic heterocycles. The van der Waals surface area contributed by atoms with Crippen LogP contribution in [0.3, 0.4) is 0 Å². The molecule has 0 amide bonds. The van der Waals surface area contributed by atoms with Gasteiger partial charge in [-0.1, -0.05) is 23.2 Å². The highest BCUT2D eigenvalue weighted by molar-refractivity contribution is 6.38. The van der Waals surface area contributed by atoms with Gasteiger partial charge in [0.1, 0.15) is 24.4 Å². The summed E-state index contributed by atoms with van der Waals surface area (Å²) in [6.45, 7) is 1.19. The number of benzene rings is 1. The Kier molecular flexibility index (Phi) is 5.60. The lowest BCUT2D eigenvalue weighted by molar-refractivity contribution is -0.392. The van der Waals surface area contributed by atoms with E-state index in [2.05, 4.69) is 4.98 Å². The first-order valence-electron chi connectivity index (χ1n) is 8.20. The summed E-state index contributed by atoms with van der Waals surface area (Å²) < 4.78 is 2.55. The summed E-state index contributed by atoms with van der Waals surface area (Å²) in [6.07, 6.45) is 0.976. The summed E-state index contributed by atoms with van der Waals surface area (Å²) in [5.41, 5.74) is -1.08. The minimum atomic E-state index is -1.45. The lowest BCUT2D eigenvalue weighted by Crippen LogP contribution is -2.26. The number of aliphatic hydroxyl groups excluding tert-OH is 1. The molecule has 10 nitrogen and oxygen atoms in total. The minimum absolute atomic E-state index is 0.0145. The zero-order valence-electron chi connectivity index (χ0n) is 14.9. The maximum atomic E-state index is 12.5. The number of nitro groups is 1. The Balaban J connectivity index is 2.07. The number of nitrogens with zero attached hydrogens (tertiary/aromatic N) is 4. The van der Waals surface area contributed by atoms with Gasteiger partial charge in [-0.25, -0.2) is 14.3 Å². The third kappa shape index (κ3) is 3.95. The summed E-state index contributed by atoms with van der Waals surface area (Å²) in [7, 11) is 0. The van der Waals surface area contributed by atoms with Gasteiger partial charge in [0, 0.05) is 23.5 Å². The Hall–Kier alpha value is -2.95. The van der Waals surface area contributed by atoms with E-state index in [-0.39, 0.29) is 39.9 Å².